The summed E-state index contributed by atoms with van der Waals surface area (Å²) >= 11 is 6.47. The molecule has 11 heteroatoms. The summed E-state index contributed by atoms with van der Waals surface area (Å²) < 4.78 is 55.1. The van der Waals surface area contributed by atoms with Gasteiger partial charge in [0.25, 0.3) is 5.91 Å². The van der Waals surface area contributed by atoms with Crippen LogP contribution < -0.4 is 14.2 Å². The molecular weight excluding hydrogens is 487 g/mol. The highest BCUT2D eigenvalue weighted by atomic mass is 35.5. The number of hydrogen-bond acceptors (Lipinski definition) is 6. The standard InChI is InChI=1S/C24H21ClF3N3O4/c1-4-34-22-15(10-30)5-7-17(20(22)25)16-11-31(12-16)23(32)19-18(35-13(2)24(26,27)28)8-6-14(9-29)21(19)33-3/h5-8,13,16H,4,11-12H2,1-3H3/t13-/m0/s1. The van der Waals surface area contributed by atoms with E-state index in [1.165, 1.54) is 18.1 Å². The summed E-state index contributed by atoms with van der Waals surface area (Å²) in [5.41, 5.74) is 0.683. The van der Waals surface area contributed by atoms with Gasteiger partial charge in [-0.1, -0.05) is 17.7 Å². The highest BCUT2D eigenvalue weighted by Gasteiger charge is 2.41. The van der Waals surface area contributed by atoms with E-state index in [1.54, 1.807) is 19.1 Å². The van der Waals surface area contributed by atoms with E-state index in [1.807, 2.05) is 12.1 Å². The molecule has 2 aromatic carbocycles. The van der Waals surface area contributed by atoms with Crippen molar-refractivity contribution in [2.45, 2.75) is 32.0 Å². The third-order valence-corrected chi connectivity index (χ3v) is 5.96. The first kappa shape index (κ1) is 26.0. The molecule has 3 rings (SSSR count). The van der Waals surface area contributed by atoms with Crippen molar-refractivity contribution < 1.29 is 32.2 Å². The molecule has 1 aliphatic heterocycles. The third-order valence-electron chi connectivity index (χ3n) is 5.57. The van der Waals surface area contributed by atoms with Crippen LogP contribution >= 0.6 is 11.6 Å². The summed E-state index contributed by atoms with van der Waals surface area (Å²) in [6.45, 7) is 3.28. The number of likely N-dealkylation sites (tertiary alicyclic amines) is 1. The van der Waals surface area contributed by atoms with Crippen LogP contribution in [0.2, 0.25) is 5.02 Å². The monoisotopic (exact) mass is 507 g/mol. The van der Waals surface area contributed by atoms with Gasteiger partial charge >= 0.3 is 6.18 Å². The molecule has 0 bridgehead atoms. The first-order valence-corrected chi connectivity index (χ1v) is 10.9. The van der Waals surface area contributed by atoms with Gasteiger partial charge in [0.1, 0.15) is 23.5 Å². The van der Waals surface area contributed by atoms with Gasteiger partial charge in [-0.25, -0.2) is 0 Å². The number of nitriles is 2. The Hall–Kier alpha value is -3.63. The van der Waals surface area contributed by atoms with Crippen LogP contribution in [-0.4, -0.2) is 49.9 Å². The highest BCUT2D eigenvalue weighted by Crippen LogP contribution is 2.42. The minimum absolute atomic E-state index is 0.0172. The van der Waals surface area contributed by atoms with Gasteiger partial charge < -0.3 is 19.1 Å². The molecule has 1 amide bonds. The minimum atomic E-state index is -4.66. The Morgan fingerprint density at radius 1 is 1.17 bits per heavy atom. The molecule has 184 valence electrons. The van der Waals surface area contributed by atoms with Crippen molar-refractivity contribution in [1.82, 2.24) is 4.90 Å². The second-order valence-corrected chi connectivity index (χ2v) is 8.11. The summed E-state index contributed by atoms with van der Waals surface area (Å²) in [6.07, 6.45) is -6.85. The molecule has 0 aliphatic carbocycles. The summed E-state index contributed by atoms with van der Waals surface area (Å²) in [4.78, 5) is 14.7. The molecule has 0 aromatic heterocycles. The lowest BCUT2D eigenvalue weighted by Crippen LogP contribution is -2.48. The molecule has 0 radical (unpaired) electrons. The molecule has 7 nitrogen and oxygen atoms in total. The molecule has 0 spiro atoms. The Morgan fingerprint density at radius 3 is 2.31 bits per heavy atom. The van der Waals surface area contributed by atoms with E-state index in [0.717, 1.165) is 13.0 Å². The third kappa shape index (κ3) is 5.08. The van der Waals surface area contributed by atoms with E-state index < -0.39 is 18.2 Å². The Labute approximate surface area is 205 Å². The van der Waals surface area contributed by atoms with Gasteiger partial charge in [-0.05, 0) is 37.6 Å². The van der Waals surface area contributed by atoms with E-state index in [0.29, 0.717) is 12.2 Å². The molecule has 0 saturated carbocycles. The van der Waals surface area contributed by atoms with Crippen LogP contribution in [0.25, 0.3) is 0 Å². The normalized spacial score (nSPS) is 14.4. The lowest BCUT2D eigenvalue weighted by Gasteiger charge is -2.40. The zero-order valence-electron chi connectivity index (χ0n) is 19.1. The number of halogens is 4. The summed E-state index contributed by atoms with van der Waals surface area (Å²) in [5, 5.41) is 18.9. The fourth-order valence-corrected chi connectivity index (χ4v) is 4.06. The van der Waals surface area contributed by atoms with Crippen LogP contribution in [0.15, 0.2) is 24.3 Å². The van der Waals surface area contributed by atoms with Gasteiger partial charge in [-0.3, -0.25) is 4.79 Å². The van der Waals surface area contributed by atoms with Gasteiger partial charge in [0.15, 0.2) is 17.6 Å². The van der Waals surface area contributed by atoms with Gasteiger partial charge in [0.2, 0.25) is 0 Å². The molecule has 1 saturated heterocycles. The van der Waals surface area contributed by atoms with E-state index in [-0.39, 0.29) is 58.0 Å². The number of ether oxygens (including phenoxy) is 3. The molecule has 0 unspecified atom stereocenters. The number of amides is 1. The van der Waals surface area contributed by atoms with Crippen LogP contribution in [0.1, 0.15) is 46.8 Å². The highest BCUT2D eigenvalue weighted by molar-refractivity contribution is 6.33. The van der Waals surface area contributed by atoms with Crippen LogP contribution in [0, 0.1) is 22.7 Å². The number of carbonyl (C=O) groups excluding carboxylic acids is 1. The number of alkyl halides is 3. The van der Waals surface area contributed by atoms with Crippen molar-refractivity contribution >= 4 is 17.5 Å². The predicted octanol–water partition coefficient (Wildman–Crippen LogP) is 5.06. The van der Waals surface area contributed by atoms with Crippen LogP contribution in [-0.2, 0) is 0 Å². The topological polar surface area (TPSA) is 95.6 Å². The number of nitrogens with zero attached hydrogens (tertiary/aromatic N) is 3. The Kier molecular flexibility index (Phi) is 7.67. The van der Waals surface area contributed by atoms with E-state index >= 15 is 0 Å². The molecule has 1 aliphatic rings. The van der Waals surface area contributed by atoms with Crippen molar-refractivity contribution in [3.8, 4) is 29.4 Å². The molecular formula is C24H21ClF3N3O4. The maximum atomic E-state index is 13.3. The van der Waals surface area contributed by atoms with Crippen LogP contribution in [0.5, 0.6) is 17.2 Å². The van der Waals surface area contributed by atoms with Crippen molar-refractivity contribution in [3.63, 3.8) is 0 Å². The average Bonchev–Trinajstić information content (AvgIpc) is 2.79. The van der Waals surface area contributed by atoms with E-state index in [9.17, 15) is 28.5 Å². The summed E-state index contributed by atoms with van der Waals surface area (Å²) in [7, 11) is 1.22. The largest absolute Gasteiger partial charge is 0.494 e. The molecule has 1 atom stereocenters. The first-order valence-electron chi connectivity index (χ1n) is 10.6. The van der Waals surface area contributed by atoms with Crippen molar-refractivity contribution in [3.05, 3.63) is 51.5 Å². The molecule has 2 aromatic rings. The number of methoxy groups -OCH3 is 1. The van der Waals surface area contributed by atoms with Gasteiger partial charge in [0, 0.05) is 19.0 Å². The second-order valence-electron chi connectivity index (χ2n) is 7.73. The van der Waals surface area contributed by atoms with Gasteiger partial charge in [-0.2, -0.15) is 23.7 Å². The average molecular weight is 508 g/mol. The Morgan fingerprint density at radius 2 is 1.77 bits per heavy atom. The number of hydrogen-bond donors (Lipinski definition) is 0. The zero-order chi connectivity index (χ0) is 25.9. The smallest absolute Gasteiger partial charge is 0.425 e. The van der Waals surface area contributed by atoms with Crippen molar-refractivity contribution in [1.29, 1.82) is 10.5 Å². The fourth-order valence-electron chi connectivity index (χ4n) is 3.68. The maximum absolute atomic E-state index is 13.3. The first-order chi connectivity index (χ1) is 16.6. The Balaban J connectivity index is 1.91. The minimum Gasteiger partial charge on any atom is -0.494 e. The quantitative estimate of drug-likeness (QED) is 0.520. The fraction of sp³-hybridized carbons (Fsp3) is 0.375. The van der Waals surface area contributed by atoms with Gasteiger partial charge in [-0.15, -0.1) is 0 Å². The molecule has 1 heterocycles. The predicted molar refractivity (Wildman–Crippen MR) is 120 cm³/mol. The summed E-state index contributed by atoms with van der Waals surface area (Å²) in [6, 6.07) is 9.54. The van der Waals surface area contributed by atoms with Crippen LogP contribution in [0.3, 0.4) is 0 Å². The van der Waals surface area contributed by atoms with Gasteiger partial charge in [0.05, 0.1) is 29.9 Å². The molecule has 35 heavy (non-hydrogen) atoms. The molecule has 1 fully saturated rings. The van der Waals surface area contributed by atoms with Crippen LogP contribution in [0.4, 0.5) is 13.2 Å². The number of rotatable bonds is 7. The summed E-state index contributed by atoms with van der Waals surface area (Å²) in [5.74, 6) is -1.08. The lowest BCUT2D eigenvalue weighted by molar-refractivity contribution is -0.189. The number of carbonyl (C=O) groups is 1. The van der Waals surface area contributed by atoms with Crippen molar-refractivity contribution in [2.75, 3.05) is 26.8 Å². The SMILES string of the molecule is CCOc1c(C#N)ccc(C2CN(C(=O)c3c(O[C@@H](C)C(F)(F)F)ccc(C#N)c3OC)C2)c1Cl. The lowest BCUT2D eigenvalue weighted by atomic mass is 9.89. The number of benzene rings is 2. The van der Waals surface area contributed by atoms with E-state index in [2.05, 4.69) is 0 Å². The zero-order valence-corrected chi connectivity index (χ0v) is 19.8. The second kappa shape index (κ2) is 10.3. The van der Waals surface area contributed by atoms with Crippen molar-refractivity contribution in [2.24, 2.45) is 0 Å². The van der Waals surface area contributed by atoms with E-state index in [4.69, 9.17) is 25.8 Å². The Bertz CT molecular complexity index is 1210. The molecule has 0 N–H and O–H groups in total. The maximum Gasteiger partial charge on any atom is 0.425 e.